The van der Waals surface area contributed by atoms with Crippen LogP contribution in [0.3, 0.4) is 0 Å². The lowest BCUT2D eigenvalue weighted by atomic mass is 9.91. The van der Waals surface area contributed by atoms with Gasteiger partial charge in [0.25, 0.3) is 5.56 Å². The number of β-amino-alcohol motifs (C(OH)–C–C–N with tert-alkyl or cyclic N) is 1. The molecule has 1 aliphatic carbocycles. The van der Waals surface area contributed by atoms with E-state index in [4.69, 9.17) is 13.9 Å². The summed E-state index contributed by atoms with van der Waals surface area (Å²) in [5.74, 6) is 1.28. The van der Waals surface area contributed by atoms with E-state index in [0.717, 1.165) is 59.2 Å². The molecule has 2 N–H and O–H groups in total. The van der Waals surface area contributed by atoms with E-state index in [1.165, 1.54) is 16.3 Å². The molecule has 0 unspecified atom stereocenters. The lowest BCUT2D eigenvalue weighted by molar-refractivity contribution is 0.174. The van der Waals surface area contributed by atoms with Gasteiger partial charge in [0, 0.05) is 49.6 Å². The van der Waals surface area contributed by atoms with E-state index in [2.05, 4.69) is 39.1 Å². The number of fused-ring (bicyclic) bond motifs is 2. The first-order chi connectivity index (χ1) is 22.9. The third-order valence-electron chi connectivity index (χ3n) is 9.16. The van der Waals surface area contributed by atoms with Gasteiger partial charge in [-0.15, -0.1) is 0 Å². The van der Waals surface area contributed by atoms with Crippen LogP contribution in [0.4, 0.5) is 0 Å². The number of likely N-dealkylation sites (tertiary alicyclic amines) is 1. The molecule has 11 nitrogen and oxygen atoms in total. The maximum absolute atomic E-state index is 13.0. The number of nitrogens with zero attached hydrogens (tertiary/aromatic N) is 5. The van der Waals surface area contributed by atoms with E-state index < -0.39 is 5.56 Å². The third kappa shape index (κ3) is 5.65. The molecule has 2 aliphatic rings. The van der Waals surface area contributed by atoms with Gasteiger partial charge in [-0.2, -0.15) is 10.2 Å². The summed E-state index contributed by atoms with van der Waals surface area (Å²) >= 11 is 0. The maximum Gasteiger partial charge on any atom is 0.280 e. The van der Waals surface area contributed by atoms with E-state index >= 15 is 0 Å². The number of ether oxygens (including phenoxy) is 2. The number of aliphatic hydroxyl groups is 2. The molecule has 1 fully saturated rings. The normalized spacial score (nSPS) is 17.6. The van der Waals surface area contributed by atoms with Crippen LogP contribution >= 0.6 is 0 Å². The molecule has 0 amide bonds. The van der Waals surface area contributed by atoms with E-state index in [0.29, 0.717) is 24.8 Å². The van der Waals surface area contributed by atoms with E-state index in [-0.39, 0.29) is 47.9 Å². The smallest absolute Gasteiger partial charge is 0.280 e. The SMILES string of the molecule is COc1nc(O[C@H]2CCc3c(-c4cccc(-c5nc6c(=O)n(CCO)cc(C#N)c6o5)c4C)cccc32)ccc1CN1CC[C@@H](O)C1. The Kier molecular flexibility index (Phi) is 8.24. The molecule has 0 spiro atoms. The van der Waals surface area contributed by atoms with Crippen molar-refractivity contribution in [2.24, 2.45) is 0 Å². The monoisotopic (exact) mass is 633 g/mol. The average Bonchev–Trinajstić information content (AvgIpc) is 3.82. The van der Waals surface area contributed by atoms with E-state index in [1.807, 2.05) is 37.3 Å². The van der Waals surface area contributed by atoms with Gasteiger partial charge < -0.3 is 28.7 Å². The van der Waals surface area contributed by atoms with Gasteiger partial charge in [0.2, 0.25) is 17.7 Å². The first-order valence-electron chi connectivity index (χ1n) is 15.8. The van der Waals surface area contributed by atoms with E-state index in [1.54, 1.807) is 7.11 Å². The number of oxazole rings is 1. The minimum atomic E-state index is -0.419. The Labute approximate surface area is 271 Å². The highest BCUT2D eigenvalue weighted by molar-refractivity contribution is 5.83. The van der Waals surface area contributed by atoms with Gasteiger partial charge in [0.1, 0.15) is 17.7 Å². The zero-order chi connectivity index (χ0) is 32.7. The maximum atomic E-state index is 13.0. The molecule has 11 heteroatoms. The number of nitriles is 1. The van der Waals surface area contributed by atoms with Crippen molar-refractivity contribution in [2.45, 2.75) is 51.5 Å². The Morgan fingerprint density at radius 2 is 1.89 bits per heavy atom. The van der Waals surface area contributed by atoms with Crippen molar-refractivity contribution in [3.63, 3.8) is 0 Å². The molecule has 7 rings (SSSR count). The summed E-state index contributed by atoms with van der Waals surface area (Å²) in [7, 11) is 1.61. The van der Waals surface area contributed by atoms with Crippen molar-refractivity contribution in [3.05, 3.63) is 92.9 Å². The second kappa shape index (κ2) is 12.6. The molecule has 0 saturated carbocycles. The number of aliphatic hydroxyl groups excluding tert-OH is 2. The lowest BCUT2D eigenvalue weighted by Gasteiger charge is -2.19. The summed E-state index contributed by atoms with van der Waals surface area (Å²) in [4.78, 5) is 24.4. The topological polar surface area (TPSA) is 147 Å². The average molecular weight is 634 g/mol. The summed E-state index contributed by atoms with van der Waals surface area (Å²) in [6.45, 7) is 3.97. The van der Waals surface area contributed by atoms with Crippen LogP contribution in [0.5, 0.6) is 11.8 Å². The highest BCUT2D eigenvalue weighted by Gasteiger charge is 2.29. The third-order valence-corrected chi connectivity index (χ3v) is 9.16. The molecule has 2 atom stereocenters. The van der Waals surface area contributed by atoms with E-state index in [9.17, 15) is 20.3 Å². The molecule has 3 aromatic heterocycles. The number of hydrogen-bond acceptors (Lipinski definition) is 10. The fourth-order valence-corrected chi connectivity index (χ4v) is 6.83. The molecule has 2 aromatic carbocycles. The Balaban J connectivity index is 1.18. The molecule has 240 valence electrons. The van der Waals surface area contributed by atoms with Gasteiger partial charge in [0.15, 0.2) is 11.1 Å². The van der Waals surface area contributed by atoms with Crippen LogP contribution in [0.2, 0.25) is 0 Å². The fourth-order valence-electron chi connectivity index (χ4n) is 6.83. The van der Waals surface area contributed by atoms with Crippen molar-refractivity contribution in [3.8, 4) is 40.4 Å². The Morgan fingerprint density at radius 3 is 2.66 bits per heavy atom. The fraction of sp³-hybridized carbons (Fsp3) is 0.333. The van der Waals surface area contributed by atoms with Crippen molar-refractivity contribution in [1.29, 1.82) is 5.26 Å². The van der Waals surface area contributed by atoms with Gasteiger partial charge in [-0.3, -0.25) is 9.69 Å². The largest absolute Gasteiger partial charge is 0.481 e. The Morgan fingerprint density at radius 1 is 1.09 bits per heavy atom. The van der Waals surface area contributed by atoms with Crippen LogP contribution in [0, 0.1) is 18.3 Å². The summed E-state index contributed by atoms with van der Waals surface area (Å²) < 4.78 is 19.4. The molecule has 4 heterocycles. The molecular formula is C36H35N5O6. The zero-order valence-corrected chi connectivity index (χ0v) is 26.3. The first-order valence-corrected chi connectivity index (χ1v) is 15.8. The number of methoxy groups -OCH3 is 1. The van der Waals surface area contributed by atoms with Gasteiger partial charge >= 0.3 is 0 Å². The lowest BCUT2D eigenvalue weighted by Crippen LogP contribution is -2.22. The van der Waals surface area contributed by atoms with Crippen LogP contribution in [0.15, 0.2) is 63.9 Å². The predicted molar refractivity (Wildman–Crippen MR) is 174 cm³/mol. The predicted octanol–water partition coefficient (Wildman–Crippen LogP) is 4.53. The van der Waals surface area contributed by atoms with Crippen LogP contribution < -0.4 is 15.0 Å². The van der Waals surface area contributed by atoms with Crippen LogP contribution in [0.25, 0.3) is 33.7 Å². The Bertz CT molecular complexity index is 2080. The first kappa shape index (κ1) is 30.6. The highest BCUT2D eigenvalue weighted by atomic mass is 16.5. The molecule has 1 saturated heterocycles. The number of hydrogen-bond donors (Lipinski definition) is 2. The quantitative estimate of drug-likeness (QED) is 0.237. The molecule has 1 aliphatic heterocycles. The van der Waals surface area contributed by atoms with Gasteiger partial charge in [-0.25, -0.2) is 4.98 Å². The number of pyridine rings is 2. The van der Waals surface area contributed by atoms with Gasteiger partial charge in [-0.1, -0.05) is 30.3 Å². The van der Waals surface area contributed by atoms with Gasteiger partial charge in [-0.05, 0) is 66.1 Å². The molecule has 5 aromatic rings. The second-order valence-electron chi connectivity index (χ2n) is 12.1. The van der Waals surface area contributed by atoms with Crippen LogP contribution in [-0.4, -0.2) is 62.6 Å². The Hall–Kier alpha value is -5.02. The van der Waals surface area contributed by atoms with Crippen molar-refractivity contribution in [1.82, 2.24) is 19.4 Å². The number of aromatic nitrogens is 3. The standard InChI is InChI=1S/C36H35N5O6/c1-21-25(5-3-6-26(21)35-39-32-33(47-35)23(17-37)19-41(15-16-42)36(32)44)27-7-4-8-29-28(27)10-11-30(29)46-31-12-9-22(34(38-31)45-2)18-40-14-13-24(43)20-40/h3-9,12,19,24,30,42-43H,10-11,13-16,18,20H2,1-2H3/t24-,30+/m1/s1. The molecule has 47 heavy (non-hydrogen) atoms. The minimum absolute atomic E-state index is 0.0589. The van der Waals surface area contributed by atoms with Crippen molar-refractivity contribution in [2.75, 3.05) is 26.8 Å². The molecule has 0 radical (unpaired) electrons. The number of benzene rings is 2. The van der Waals surface area contributed by atoms with Crippen LogP contribution in [0.1, 0.15) is 46.8 Å². The molecular weight excluding hydrogens is 598 g/mol. The summed E-state index contributed by atoms with van der Waals surface area (Å²) in [6.07, 6.45) is 3.33. The highest BCUT2D eigenvalue weighted by Crippen LogP contribution is 2.42. The minimum Gasteiger partial charge on any atom is -0.481 e. The second-order valence-corrected chi connectivity index (χ2v) is 12.1. The van der Waals surface area contributed by atoms with Gasteiger partial charge in [0.05, 0.1) is 19.8 Å². The molecule has 0 bridgehead atoms. The van der Waals surface area contributed by atoms with Crippen molar-refractivity contribution >= 4 is 11.1 Å². The number of rotatable bonds is 9. The van der Waals surface area contributed by atoms with Crippen molar-refractivity contribution < 1.29 is 24.1 Å². The zero-order valence-electron chi connectivity index (χ0n) is 26.3. The summed E-state index contributed by atoms with van der Waals surface area (Å²) in [6, 6.07) is 18.1. The summed E-state index contributed by atoms with van der Waals surface area (Å²) in [5.41, 5.74) is 6.97. The summed E-state index contributed by atoms with van der Waals surface area (Å²) in [5, 5.41) is 29.0. The van der Waals surface area contributed by atoms with Crippen LogP contribution in [-0.2, 0) is 19.5 Å².